The second-order valence-electron chi connectivity index (χ2n) is 3.05. The molecule has 2 aromatic rings. The van der Waals surface area contributed by atoms with Gasteiger partial charge in [-0.3, -0.25) is 0 Å². The molecule has 0 atom stereocenters. The quantitative estimate of drug-likeness (QED) is 0.826. The highest BCUT2D eigenvalue weighted by atomic mass is 32.2. The molecule has 0 saturated carbocycles. The lowest BCUT2D eigenvalue weighted by atomic mass is 10.2. The highest BCUT2D eigenvalue weighted by molar-refractivity contribution is 8.01. The Morgan fingerprint density at radius 1 is 1.44 bits per heavy atom. The number of aromatic nitrogens is 2. The van der Waals surface area contributed by atoms with Gasteiger partial charge in [0.2, 0.25) is 0 Å². The Morgan fingerprint density at radius 2 is 2.25 bits per heavy atom. The predicted octanol–water partition coefficient (Wildman–Crippen LogP) is 2.45. The number of hydrogen-bond donors (Lipinski definition) is 1. The molecule has 2 rings (SSSR count). The first kappa shape index (κ1) is 10.9. The van der Waals surface area contributed by atoms with Crippen molar-refractivity contribution < 1.29 is 0 Å². The molecule has 6 heteroatoms. The lowest BCUT2D eigenvalue weighted by molar-refractivity contribution is 0.984. The van der Waals surface area contributed by atoms with Crippen LogP contribution in [0.15, 0.2) is 27.4 Å². The number of rotatable bonds is 2. The molecule has 0 aliphatic heterocycles. The van der Waals surface area contributed by atoms with Crippen LogP contribution in [0.2, 0.25) is 0 Å². The minimum Gasteiger partial charge on any atom is -0.398 e. The lowest BCUT2D eigenvalue weighted by Gasteiger charge is -2.00. The largest absolute Gasteiger partial charge is 0.398 e. The summed E-state index contributed by atoms with van der Waals surface area (Å²) in [5, 5.41) is 17.7. The van der Waals surface area contributed by atoms with Crippen LogP contribution in [0.3, 0.4) is 0 Å². The van der Waals surface area contributed by atoms with E-state index in [1.807, 2.05) is 13.0 Å². The standard InChI is InChI=1S/C10H8N4S2/c1-6-13-14-10(15-6)16-8-2-3-9(12)7(4-8)5-11/h2-4H,12H2,1H3. The minimum atomic E-state index is 0.492. The highest BCUT2D eigenvalue weighted by Crippen LogP contribution is 2.31. The molecule has 0 fully saturated rings. The summed E-state index contributed by atoms with van der Waals surface area (Å²) >= 11 is 3.01. The second kappa shape index (κ2) is 4.51. The number of benzene rings is 1. The fraction of sp³-hybridized carbons (Fsp3) is 0.100. The lowest BCUT2D eigenvalue weighted by Crippen LogP contribution is -1.89. The summed E-state index contributed by atoms with van der Waals surface area (Å²) < 4.78 is 0.867. The zero-order valence-corrected chi connectivity index (χ0v) is 10.1. The summed E-state index contributed by atoms with van der Waals surface area (Å²) in [5.41, 5.74) is 6.63. The van der Waals surface area contributed by atoms with Gasteiger partial charge in [0.15, 0.2) is 4.34 Å². The second-order valence-corrected chi connectivity index (χ2v) is 5.55. The van der Waals surface area contributed by atoms with Crippen molar-refractivity contribution in [3.05, 3.63) is 28.8 Å². The molecule has 0 aliphatic rings. The monoisotopic (exact) mass is 248 g/mol. The van der Waals surface area contributed by atoms with Gasteiger partial charge in [0.1, 0.15) is 11.1 Å². The molecular formula is C10H8N4S2. The van der Waals surface area contributed by atoms with E-state index >= 15 is 0 Å². The van der Waals surface area contributed by atoms with E-state index in [4.69, 9.17) is 11.0 Å². The molecule has 1 aromatic carbocycles. The molecule has 0 saturated heterocycles. The van der Waals surface area contributed by atoms with E-state index in [9.17, 15) is 0 Å². The van der Waals surface area contributed by atoms with Crippen LogP contribution in [-0.2, 0) is 0 Å². The first-order chi connectivity index (χ1) is 7.69. The summed E-state index contributed by atoms with van der Waals surface area (Å²) in [6.07, 6.45) is 0. The fourth-order valence-electron chi connectivity index (χ4n) is 1.12. The van der Waals surface area contributed by atoms with Crippen molar-refractivity contribution in [3.63, 3.8) is 0 Å². The normalized spacial score (nSPS) is 10.0. The Balaban J connectivity index is 2.26. The van der Waals surface area contributed by atoms with Crippen molar-refractivity contribution in [2.75, 3.05) is 5.73 Å². The highest BCUT2D eigenvalue weighted by Gasteiger charge is 2.05. The number of nitrogens with two attached hydrogens (primary N) is 1. The van der Waals surface area contributed by atoms with Gasteiger partial charge in [-0.05, 0) is 25.1 Å². The Kier molecular flexibility index (Phi) is 3.08. The van der Waals surface area contributed by atoms with Gasteiger partial charge in [-0.2, -0.15) is 5.26 Å². The van der Waals surface area contributed by atoms with E-state index in [1.165, 1.54) is 23.1 Å². The predicted molar refractivity (Wildman–Crippen MR) is 64.3 cm³/mol. The zero-order valence-electron chi connectivity index (χ0n) is 8.47. The smallest absolute Gasteiger partial charge is 0.179 e. The van der Waals surface area contributed by atoms with Gasteiger partial charge in [0.05, 0.1) is 5.56 Å². The third-order valence-electron chi connectivity index (χ3n) is 1.86. The number of nitrogens with zero attached hydrogens (tertiary/aromatic N) is 3. The van der Waals surface area contributed by atoms with Crippen LogP contribution in [-0.4, -0.2) is 10.2 Å². The van der Waals surface area contributed by atoms with Gasteiger partial charge >= 0.3 is 0 Å². The van der Waals surface area contributed by atoms with Crippen LogP contribution in [0.5, 0.6) is 0 Å². The first-order valence-corrected chi connectivity index (χ1v) is 6.10. The molecule has 16 heavy (non-hydrogen) atoms. The number of anilines is 1. The molecule has 0 amide bonds. The number of hydrogen-bond acceptors (Lipinski definition) is 6. The fourth-order valence-corrected chi connectivity index (χ4v) is 2.95. The maximum Gasteiger partial charge on any atom is 0.179 e. The molecule has 0 radical (unpaired) electrons. The van der Waals surface area contributed by atoms with Crippen LogP contribution in [0.25, 0.3) is 0 Å². The van der Waals surface area contributed by atoms with Crippen LogP contribution in [0.4, 0.5) is 5.69 Å². The molecular weight excluding hydrogens is 240 g/mol. The van der Waals surface area contributed by atoms with Crippen LogP contribution in [0, 0.1) is 18.3 Å². The topological polar surface area (TPSA) is 75.6 Å². The number of aryl methyl sites for hydroxylation is 1. The zero-order chi connectivity index (χ0) is 11.5. The van der Waals surface area contributed by atoms with Gasteiger partial charge in [-0.1, -0.05) is 23.1 Å². The summed E-state index contributed by atoms with van der Waals surface area (Å²) in [6.45, 7) is 1.91. The van der Waals surface area contributed by atoms with Gasteiger partial charge in [0, 0.05) is 10.6 Å². The molecule has 4 nitrogen and oxygen atoms in total. The van der Waals surface area contributed by atoms with E-state index < -0.39 is 0 Å². The average Bonchev–Trinajstić information content (AvgIpc) is 2.67. The molecule has 0 unspecified atom stereocenters. The van der Waals surface area contributed by atoms with Gasteiger partial charge in [0.25, 0.3) is 0 Å². The third-order valence-corrected chi connectivity index (χ3v) is 3.74. The molecule has 0 aliphatic carbocycles. The Morgan fingerprint density at radius 3 is 2.88 bits per heavy atom. The van der Waals surface area contributed by atoms with Crippen molar-refractivity contribution in [1.82, 2.24) is 10.2 Å². The first-order valence-electron chi connectivity index (χ1n) is 4.46. The van der Waals surface area contributed by atoms with Crippen molar-refractivity contribution in [3.8, 4) is 6.07 Å². The van der Waals surface area contributed by atoms with Crippen LogP contribution >= 0.6 is 23.1 Å². The van der Waals surface area contributed by atoms with Gasteiger partial charge < -0.3 is 5.73 Å². The SMILES string of the molecule is Cc1nnc(Sc2ccc(N)c(C#N)c2)s1. The summed E-state index contributed by atoms with van der Waals surface area (Å²) in [5.74, 6) is 0. The van der Waals surface area contributed by atoms with Crippen molar-refractivity contribution in [2.45, 2.75) is 16.2 Å². The van der Waals surface area contributed by atoms with E-state index in [-0.39, 0.29) is 0 Å². The van der Waals surface area contributed by atoms with E-state index in [1.54, 1.807) is 12.1 Å². The van der Waals surface area contributed by atoms with Crippen molar-refractivity contribution in [2.24, 2.45) is 0 Å². The minimum absolute atomic E-state index is 0.492. The average molecular weight is 248 g/mol. The molecule has 0 bridgehead atoms. The summed E-state index contributed by atoms with van der Waals surface area (Å²) in [7, 11) is 0. The van der Waals surface area contributed by atoms with E-state index in [0.717, 1.165) is 14.2 Å². The van der Waals surface area contributed by atoms with Gasteiger partial charge in [-0.15, -0.1) is 10.2 Å². The van der Waals surface area contributed by atoms with E-state index in [0.29, 0.717) is 11.3 Å². The van der Waals surface area contributed by atoms with Crippen LogP contribution in [0.1, 0.15) is 10.6 Å². The molecule has 80 valence electrons. The number of nitrogen functional groups attached to an aromatic ring is 1. The van der Waals surface area contributed by atoms with Crippen molar-refractivity contribution >= 4 is 28.8 Å². The Hall–Kier alpha value is -1.58. The maximum absolute atomic E-state index is 8.85. The third kappa shape index (κ3) is 2.32. The molecule has 1 heterocycles. The van der Waals surface area contributed by atoms with Crippen LogP contribution < -0.4 is 5.73 Å². The molecule has 1 aromatic heterocycles. The molecule has 0 spiro atoms. The number of nitriles is 1. The van der Waals surface area contributed by atoms with E-state index in [2.05, 4.69) is 16.3 Å². The maximum atomic E-state index is 8.85. The molecule has 2 N–H and O–H groups in total. The summed E-state index contributed by atoms with van der Waals surface area (Å²) in [4.78, 5) is 0.946. The van der Waals surface area contributed by atoms with Crippen molar-refractivity contribution in [1.29, 1.82) is 5.26 Å². The van der Waals surface area contributed by atoms with Gasteiger partial charge in [-0.25, -0.2) is 0 Å². The Labute approximate surface area is 101 Å². The summed E-state index contributed by atoms with van der Waals surface area (Å²) in [6, 6.07) is 7.42. The Bertz CT molecular complexity index is 556.